The summed E-state index contributed by atoms with van der Waals surface area (Å²) in [5.74, 6) is -10.00. The number of nitrogens with one attached hydrogen (secondary N) is 3. The number of rotatable bonds is 7. The van der Waals surface area contributed by atoms with Crippen LogP contribution in [0, 0.1) is 23.2 Å². The van der Waals surface area contributed by atoms with Gasteiger partial charge in [0.25, 0.3) is 11.8 Å². The number of fused-ring (bicyclic) bond motifs is 5. The predicted octanol–water partition coefficient (Wildman–Crippen LogP) is 4.56. The SMILES string of the molecule is CCC1C2CN(C(=O)C(C(C)(C)C)NC(=O)OC3CC3CCCCC(F)(F)c3nc4ccccc4nc3O2)C1C(=O)NC1(C(=O)NS(=O)(=O)C2CC2)CC1C(F)F. The third-order valence-corrected chi connectivity index (χ3v) is 13.7. The van der Waals surface area contributed by atoms with Gasteiger partial charge in [0, 0.05) is 12.3 Å². The minimum Gasteiger partial charge on any atom is -0.471 e. The highest BCUT2D eigenvalue weighted by Gasteiger charge is 2.67. The molecule has 3 N–H and O–H groups in total. The monoisotopic (exact) mass is 824 g/mol. The molecule has 14 nitrogen and oxygen atoms in total. The lowest BCUT2D eigenvalue weighted by Crippen LogP contribution is -2.61. The number of aromatic nitrogens is 2. The Morgan fingerprint density at radius 2 is 1.72 bits per heavy atom. The summed E-state index contributed by atoms with van der Waals surface area (Å²) in [7, 11) is -4.20. The van der Waals surface area contributed by atoms with Gasteiger partial charge in [0.2, 0.25) is 34.1 Å². The Bertz CT molecular complexity index is 2050. The van der Waals surface area contributed by atoms with E-state index in [-0.39, 0.29) is 42.6 Å². The molecule has 4 amide bonds. The van der Waals surface area contributed by atoms with Crippen molar-refractivity contribution < 1.29 is 54.6 Å². The predicted molar refractivity (Wildman–Crippen MR) is 195 cm³/mol. The number of ether oxygens (including phenoxy) is 2. The van der Waals surface area contributed by atoms with Crippen LogP contribution >= 0.6 is 0 Å². The van der Waals surface area contributed by atoms with Crippen LogP contribution in [0.2, 0.25) is 0 Å². The van der Waals surface area contributed by atoms with Crippen molar-refractivity contribution in [3.63, 3.8) is 0 Å². The van der Waals surface area contributed by atoms with E-state index in [1.165, 1.54) is 6.07 Å². The van der Waals surface area contributed by atoms with Gasteiger partial charge in [0.15, 0.2) is 5.69 Å². The standard InChI is InChI=1S/C38H48F4N6O8S/c1-5-21-26-18-48(27(21)31(49)46-37(17-22(37)30(39)40)34(51)47-57(53,54)20-13-14-20)33(50)29(36(2,3)4)45-35(52)56-25-16-19(25)10-8-9-15-38(41,42)28-32(55-26)44-24-12-7-6-11-23(24)43-28/h6-7,11-12,19-22,25-27,29-30H,5,8-10,13-18H2,1-4H3,(H,45,52)(H,46,49)(H,47,51). The summed E-state index contributed by atoms with van der Waals surface area (Å²) in [5, 5.41) is 4.18. The van der Waals surface area contributed by atoms with E-state index in [1.54, 1.807) is 45.9 Å². The van der Waals surface area contributed by atoms with E-state index < -0.39 is 129 Å². The van der Waals surface area contributed by atoms with Crippen LogP contribution in [0.4, 0.5) is 22.4 Å². The Balaban J connectivity index is 1.29. The number of nitrogens with zero attached hydrogens (tertiary/aromatic N) is 3. The number of alkyl halides is 4. The molecule has 0 spiro atoms. The molecule has 19 heteroatoms. The molecule has 312 valence electrons. The number of halogens is 4. The van der Waals surface area contributed by atoms with Crippen molar-refractivity contribution in [2.24, 2.45) is 23.2 Å². The minimum atomic E-state index is -4.20. The van der Waals surface area contributed by atoms with Gasteiger partial charge < -0.3 is 25.0 Å². The van der Waals surface area contributed by atoms with Crippen LogP contribution in [0.25, 0.3) is 11.0 Å². The van der Waals surface area contributed by atoms with Crippen LogP contribution in [-0.2, 0) is 35.1 Å². The molecule has 57 heavy (non-hydrogen) atoms. The number of amides is 4. The molecular weight excluding hydrogens is 777 g/mol. The zero-order valence-corrected chi connectivity index (χ0v) is 32.9. The molecule has 4 fully saturated rings. The molecule has 7 rings (SSSR count). The summed E-state index contributed by atoms with van der Waals surface area (Å²) in [6.07, 6.45) is -4.61. The third kappa shape index (κ3) is 8.22. The lowest BCUT2D eigenvalue weighted by atomic mass is 9.85. The number of para-hydroxylation sites is 2. The molecule has 1 saturated heterocycles. The van der Waals surface area contributed by atoms with Gasteiger partial charge in [-0.25, -0.2) is 32.0 Å². The van der Waals surface area contributed by atoms with Crippen molar-refractivity contribution in [2.75, 3.05) is 6.54 Å². The average Bonchev–Trinajstić information content (AvgIpc) is 4.04. The maximum atomic E-state index is 16.2. The van der Waals surface area contributed by atoms with Crippen molar-refractivity contribution in [1.29, 1.82) is 0 Å². The second-order valence-electron chi connectivity index (χ2n) is 17.1. The number of hydrogen-bond acceptors (Lipinski definition) is 10. The van der Waals surface area contributed by atoms with E-state index in [9.17, 15) is 36.4 Å². The topological polar surface area (TPSA) is 186 Å². The molecule has 0 radical (unpaired) electrons. The van der Waals surface area contributed by atoms with Crippen LogP contribution in [0.3, 0.4) is 0 Å². The molecule has 3 aliphatic carbocycles. The highest BCUT2D eigenvalue weighted by atomic mass is 32.2. The van der Waals surface area contributed by atoms with Gasteiger partial charge in [0.1, 0.15) is 29.8 Å². The first-order chi connectivity index (χ1) is 26.8. The summed E-state index contributed by atoms with van der Waals surface area (Å²) in [5.41, 5.74) is -3.59. The highest BCUT2D eigenvalue weighted by molar-refractivity contribution is 7.91. The lowest BCUT2D eigenvalue weighted by molar-refractivity contribution is -0.144. The van der Waals surface area contributed by atoms with Crippen molar-refractivity contribution in [3.05, 3.63) is 30.0 Å². The van der Waals surface area contributed by atoms with Crippen molar-refractivity contribution >= 4 is 44.9 Å². The second-order valence-corrected chi connectivity index (χ2v) is 19.1. The maximum Gasteiger partial charge on any atom is 0.408 e. The number of benzene rings is 1. The van der Waals surface area contributed by atoms with Crippen LogP contribution in [0.15, 0.2) is 24.3 Å². The quantitative estimate of drug-likeness (QED) is 0.335. The lowest BCUT2D eigenvalue weighted by Gasteiger charge is -2.36. The number of carbonyl (C=O) groups is 4. The molecule has 1 aromatic carbocycles. The largest absolute Gasteiger partial charge is 0.471 e. The van der Waals surface area contributed by atoms with Gasteiger partial charge in [-0.15, -0.1) is 0 Å². The maximum absolute atomic E-state index is 16.2. The third-order valence-electron chi connectivity index (χ3n) is 11.8. The van der Waals surface area contributed by atoms with Crippen molar-refractivity contribution in [2.45, 2.75) is 133 Å². The van der Waals surface area contributed by atoms with Gasteiger partial charge in [-0.2, -0.15) is 8.78 Å². The fourth-order valence-corrected chi connectivity index (χ4v) is 9.54. The molecule has 3 saturated carbocycles. The summed E-state index contributed by atoms with van der Waals surface area (Å²) >= 11 is 0. The zero-order chi connectivity index (χ0) is 41.2. The number of sulfonamides is 1. The normalized spacial score (nSPS) is 31.8. The Morgan fingerprint density at radius 3 is 2.33 bits per heavy atom. The van der Waals surface area contributed by atoms with Gasteiger partial charge in [-0.3, -0.25) is 19.1 Å². The van der Waals surface area contributed by atoms with E-state index in [0.29, 0.717) is 19.3 Å². The Kier molecular flexibility index (Phi) is 10.6. The fourth-order valence-electron chi connectivity index (χ4n) is 8.17. The van der Waals surface area contributed by atoms with E-state index in [4.69, 9.17) is 9.47 Å². The van der Waals surface area contributed by atoms with Crippen LogP contribution in [0.1, 0.15) is 91.2 Å². The van der Waals surface area contributed by atoms with E-state index >= 15 is 8.78 Å². The Labute approximate surface area is 327 Å². The highest BCUT2D eigenvalue weighted by Crippen LogP contribution is 2.49. The van der Waals surface area contributed by atoms with Crippen LogP contribution < -0.4 is 20.1 Å². The molecule has 1 aromatic heterocycles. The number of alkyl carbamates (subject to hydrolysis) is 1. The first kappa shape index (κ1) is 40.9. The molecule has 8 atom stereocenters. The first-order valence-corrected chi connectivity index (χ1v) is 21.1. The van der Waals surface area contributed by atoms with E-state index in [0.717, 1.165) is 4.90 Å². The second kappa shape index (κ2) is 14.8. The van der Waals surface area contributed by atoms with E-state index in [2.05, 4.69) is 20.6 Å². The molecule has 8 unspecified atom stereocenters. The average molecular weight is 825 g/mol. The summed E-state index contributed by atoms with van der Waals surface area (Å²) in [4.78, 5) is 65.8. The van der Waals surface area contributed by atoms with Crippen molar-refractivity contribution in [1.82, 2.24) is 30.2 Å². The zero-order valence-electron chi connectivity index (χ0n) is 32.1. The van der Waals surface area contributed by atoms with Gasteiger partial charge in [-0.1, -0.05) is 46.2 Å². The summed E-state index contributed by atoms with van der Waals surface area (Å²) in [6, 6.07) is 3.51. The van der Waals surface area contributed by atoms with Gasteiger partial charge in [0.05, 0.1) is 28.7 Å². The molecule has 2 aromatic rings. The van der Waals surface area contributed by atoms with Crippen LogP contribution in [0.5, 0.6) is 5.88 Å². The van der Waals surface area contributed by atoms with E-state index in [1.807, 2.05) is 4.72 Å². The smallest absolute Gasteiger partial charge is 0.408 e. The molecule has 3 heterocycles. The van der Waals surface area contributed by atoms with Gasteiger partial charge >= 0.3 is 6.09 Å². The Hall–Kier alpha value is -4.29. The Morgan fingerprint density at radius 1 is 1.04 bits per heavy atom. The molecule has 2 bridgehead atoms. The van der Waals surface area contributed by atoms with Gasteiger partial charge in [-0.05, 0) is 68.4 Å². The molecular formula is C38H48F4N6O8S. The molecule has 5 aliphatic rings. The fraction of sp³-hybridized carbons (Fsp3) is 0.684. The number of carbonyl (C=O) groups excluding carboxylic acids is 4. The number of hydrogen-bond donors (Lipinski definition) is 3. The molecule has 2 aliphatic heterocycles. The summed E-state index contributed by atoms with van der Waals surface area (Å²) < 4.78 is 100. The summed E-state index contributed by atoms with van der Waals surface area (Å²) in [6.45, 7) is 6.27. The van der Waals surface area contributed by atoms with Crippen molar-refractivity contribution in [3.8, 4) is 5.88 Å². The van der Waals surface area contributed by atoms with Crippen LogP contribution in [-0.4, -0.2) is 95.2 Å². The minimum absolute atomic E-state index is 0.0487. The first-order valence-electron chi connectivity index (χ1n) is 19.5.